The Morgan fingerprint density at radius 1 is 1.04 bits per heavy atom. The molecular formula is C18H19FN2O4. The average molecular weight is 346 g/mol. The van der Waals surface area contributed by atoms with E-state index in [-0.39, 0.29) is 18.1 Å². The second kappa shape index (κ2) is 8.68. The van der Waals surface area contributed by atoms with Gasteiger partial charge in [0.2, 0.25) is 11.7 Å². The number of nitrogens with zero attached hydrogens (tertiary/aromatic N) is 1. The topological polar surface area (TPSA) is 69.2 Å². The zero-order chi connectivity index (χ0) is 18.2. The van der Waals surface area contributed by atoms with Gasteiger partial charge in [0, 0.05) is 5.56 Å². The van der Waals surface area contributed by atoms with Crippen LogP contribution in [0, 0.1) is 5.82 Å². The maximum Gasteiger partial charge on any atom is 0.244 e. The first kappa shape index (κ1) is 18.3. The fourth-order valence-electron chi connectivity index (χ4n) is 2.23. The van der Waals surface area contributed by atoms with Crippen molar-refractivity contribution in [1.82, 2.24) is 5.43 Å². The lowest BCUT2D eigenvalue weighted by atomic mass is 10.1. The van der Waals surface area contributed by atoms with Gasteiger partial charge in [-0.25, -0.2) is 9.82 Å². The fourth-order valence-corrected chi connectivity index (χ4v) is 2.23. The van der Waals surface area contributed by atoms with E-state index in [0.29, 0.717) is 28.4 Å². The van der Waals surface area contributed by atoms with Crippen molar-refractivity contribution in [3.8, 4) is 17.2 Å². The molecule has 0 heterocycles. The summed E-state index contributed by atoms with van der Waals surface area (Å²) < 4.78 is 28.7. The first-order valence-corrected chi connectivity index (χ1v) is 7.44. The largest absolute Gasteiger partial charge is 0.493 e. The summed E-state index contributed by atoms with van der Waals surface area (Å²) in [5.74, 6) is 0.742. The highest BCUT2D eigenvalue weighted by Crippen LogP contribution is 2.38. The molecule has 0 atom stereocenters. The van der Waals surface area contributed by atoms with E-state index in [9.17, 15) is 9.18 Å². The lowest BCUT2D eigenvalue weighted by Gasteiger charge is -2.13. The van der Waals surface area contributed by atoms with Gasteiger partial charge in [-0.3, -0.25) is 4.79 Å². The summed E-state index contributed by atoms with van der Waals surface area (Å²) in [6.07, 6.45) is 1.55. The van der Waals surface area contributed by atoms with Crippen molar-refractivity contribution in [2.45, 2.75) is 6.42 Å². The van der Waals surface area contributed by atoms with Crippen molar-refractivity contribution in [3.05, 3.63) is 53.3 Å². The van der Waals surface area contributed by atoms with Crippen molar-refractivity contribution in [1.29, 1.82) is 0 Å². The van der Waals surface area contributed by atoms with E-state index >= 15 is 0 Å². The first-order valence-electron chi connectivity index (χ1n) is 7.44. The standard InChI is InChI=1S/C18H19FN2O4/c1-23-15-9-6-13(17(24-2)18(15)25-3)11-20-21-16(22)10-12-4-7-14(19)8-5-12/h4-9,11H,10H2,1-3H3,(H,21,22)/b20-11+. The third-order valence-corrected chi connectivity index (χ3v) is 3.41. The average Bonchev–Trinajstić information content (AvgIpc) is 2.62. The van der Waals surface area contributed by atoms with E-state index < -0.39 is 0 Å². The molecule has 6 nitrogen and oxygen atoms in total. The molecule has 0 aliphatic carbocycles. The Kier molecular flexibility index (Phi) is 6.33. The van der Waals surface area contributed by atoms with Gasteiger partial charge in [-0.2, -0.15) is 5.10 Å². The molecule has 0 saturated heterocycles. The minimum Gasteiger partial charge on any atom is -0.493 e. The number of ether oxygens (including phenoxy) is 3. The summed E-state index contributed by atoms with van der Waals surface area (Å²) in [4.78, 5) is 11.9. The van der Waals surface area contributed by atoms with Crippen LogP contribution in [0.3, 0.4) is 0 Å². The third kappa shape index (κ3) is 4.69. The van der Waals surface area contributed by atoms with Gasteiger partial charge < -0.3 is 14.2 Å². The van der Waals surface area contributed by atoms with Crippen molar-refractivity contribution in [2.75, 3.05) is 21.3 Å². The van der Waals surface area contributed by atoms with E-state index in [1.165, 1.54) is 39.7 Å². The Hall–Kier alpha value is -3.09. The fraction of sp³-hybridized carbons (Fsp3) is 0.222. The van der Waals surface area contributed by atoms with E-state index in [1.807, 2.05) is 0 Å². The molecule has 0 aliphatic heterocycles. The Bertz CT molecular complexity index is 760. The van der Waals surface area contributed by atoms with Gasteiger partial charge in [-0.1, -0.05) is 12.1 Å². The Morgan fingerprint density at radius 3 is 2.32 bits per heavy atom. The number of rotatable bonds is 7. The number of hydrazone groups is 1. The lowest BCUT2D eigenvalue weighted by Crippen LogP contribution is -2.19. The molecule has 0 saturated carbocycles. The molecular weight excluding hydrogens is 327 g/mol. The zero-order valence-corrected chi connectivity index (χ0v) is 14.2. The number of hydrogen-bond acceptors (Lipinski definition) is 5. The van der Waals surface area contributed by atoms with Crippen LogP contribution in [0.25, 0.3) is 0 Å². The van der Waals surface area contributed by atoms with Gasteiger partial charge in [0.05, 0.1) is 34.0 Å². The molecule has 7 heteroatoms. The Morgan fingerprint density at radius 2 is 1.72 bits per heavy atom. The SMILES string of the molecule is COc1ccc(/C=N/NC(=O)Cc2ccc(F)cc2)c(OC)c1OC. The molecule has 2 aromatic carbocycles. The highest BCUT2D eigenvalue weighted by molar-refractivity contribution is 5.87. The van der Waals surface area contributed by atoms with Crippen LogP contribution in [0.2, 0.25) is 0 Å². The van der Waals surface area contributed by atoms with Crippen LogP contribution in [0.4, 0.5) is 4.39 Å². The normalized spacial score (nSPS) is 10.6. The highest BCUT2D eigenvalue weighted by atomic mass is 19.1. The van der Waals surface area contributed by atoms with Gasteiger partial charge in [0.25, 0.3) is 0 Å². The Labute approximate surface area is 145 Å². The second-order valence-electron chi connectivity index (χ2n) is 5.02. The van der Waals surface area contributed by atoms with Gasteiger partial charge in [-0.15, -0.1) is 0 Å². The van der Waals surface area contributed by atoms with Crippen molar-refractivity contribution < 1.29 is 23.4 Å². The summed E-state index contributed by atoms with van der Waals surface area (Å²) in [5.41, 5.74) is 3.73. The predicted molar refractivity (Wildman–Crippen MR) is 91.9 cm³/mol. The number of carbonyl (C=O) groups excluding carboxylic acids is 1. The summed E-state index contributed by atoms with van der Waals surface area (Å²) in [5, 5.41) is 3.92. The predicted octanol–water partition coefficient (Wildman–Crippen LogP) is 2.54. The Balaban J connectivity index is 2.06. The molecule has 1 amide bonds. The number of halogens is 1. The highest BCUT2D eigenvalue weighted by Gasteiger charge is 2.14. The minimum absolute atomic E-state index is 0.0979. The van der Waals surface area contributed by atoms with Crippen LogP contribution in [-0.4, -0.2) is 33.5 Å². The van der Waals surface area contributed by atoms with Crippen molar-refractivity contribution in [2.24, 2.45) is 5.10 Å². The minimum atomic E-state index is -0.345. The number of nitrogens with one attached hydrogen (secondary N) is 1. The van der Waals surface area contributed by atoms with Gasteiger partial charge >= 0.3 is 0 Å². The summed E-state index contributed by atoms with van der Waals surface area (Å²) in [7, 11) is 4.54. The second-order valence-corrected chi connectivity index (χ2v) is 5.02. The van der Waals surface area contributed by atoms with Gasteiger partial charge in [0.15, 0.2) is 11.5 Å². The third-order valence-electron chi connectivity index (χ3n) is 3.41. The summed E-state index contributed by atoms with van der Waals surface area (Å²) in [6.45, 7) is 0. The van der Waals surface area contributed by atoms with Crippen molar-refractivity contribution in [3.63, 3.8) is 0 Å². The number of amides is 1. The quantitative estimate of drug-likeness (QED) is 0.618. The molecule has 0 aromatic heterocycles. The number of methoxy groups -OCH3 is 3. The van der Waals surface area contributed by atoms with Crippen LogP contribution >= 0.6 is 0 Å². The van der Waals surface area contributed by atoms with E-state index in [0.717, 1.165) is 0 Å². The number of carbonyl (C=O) groups is 1. The first-order chi connectivity index (χ1) is 12.1. The van der Waals surface area contributed by atoms with E-state index in [2.05, 4.69) is 10.5 Å². The summed E-state index contributed by atoms with van der Waals surface area (Å²) in [6, 6.07) is 9.16. The van der Waals surface area contributed by atoms with Crippen LogP contribution < -0.4 is 19.6 Å². The molecule has 0 unspecified atom stereocenters. The maximum atomic E-state index is 12.8. The smallest absolute Gasteiger partial charge is 0.244 e. The monoisotopic (exact) mass is 346 g/mol. The molecule has 2 aromatic rings. The number of hydrogen-bond donors (Lipinski definition) is 1. The molecule has 0 fully saturated rings. The van der Waals surface area contributed by atoms with Gasteiger partial charge in [-0.05, 0) is 29.8 Å². The number of benzene rings is 2. The summed E-state index contributed by atoms with van der Waals surface area (Å²) >= 11 is 0. The molecule has 0 bridgehead atoms. The zero-order valence-electron chi connectivity index (χ0n) is 14.2. The maximum absolute atomic E-state index is 12.8. The van der Waals surface area contributed by atoms with Crippen molar-refractivity contribution >= 4 is 12.1 Å². The molecule has 132 valence electrons. The van der Waals surface area contributed by atoms with Crippen LogP contribution in [0.1, 0.15) is 11.1 Å². The van der Waals surface area contributed by atoms with E-state index in [4.69, 9.17) is 14.2 Å². The van der Waals surface area contributed by atoms with Gasteiger partial charge in [0.1, 0.15) is 5.82 Å². The molecule has 1 N–H and O–H groups in total. The van der Waals surface area contributed by atoms with Crippen LogP contribution in [-0.2, 0) is 11.2 Å². The molecule has 25 heavy (non-hydrogen) atoms. The van der Waals surface area contributed by atoms with Crippen LogP contribution in [0.15, 0.2) is 41.5 Å². The molecule has 0 aliphatic rings. The van der Waals surface area contributed by atoms with E-state index in [1.54, 1.807) is 24.3 Å². The molecule has 0 radical (unpaired) electrons. The molecule has 0 spiro atoms. The lowest BCUT2D eigenvalue weighted by molar-refractivity contribution is -0.120. The van der Waals surface area contributed by atoms with Crippen LogP contribution in [0.5, 0.6) is 17.2 Å². The molecule has 2 rings (SSSR count).